The van der Waals surface area contributed by atoms with Crippen LogP contribution in [-0.2, 0) is 14.3 Å². The third kappa shape index (κ3) is 8.47. The van der Waals surface area contributed by atoms with E-state index in [2.05, 4.69) is 30.5 Å². The first-order valence-electron chi connectivity index (χ1n) is 13.9. The fraction of sp³-hybridized carbons (Fsp3) is 0.700. The summed E-state index contributed by atoms with van der Waals surface area (Å²) in [6, 6.07) is 4.34. The first-order chi connectivity index (χ1) is 17.2. The lowest BCUT2D eigenvalue weighted by Crippen LogP contribution is -2.56. The van der Waals surface area contributed by atoms with Crippen LogP contribution in [0.1, 0.15) is 104 Å². The van der Waals surface area contributed by atoms with Crippen molar-refractivity contribution in [3.05, 3.63) is 34.9 Å². The second-order valence-corrected chi connectivity index (χ2v) is 12.0. The smallest absolute Gasteiger partial charge is 0.408 e. The Morgan fingerprint density at radius 3 is 2.22 bits per heavy atom. The number of carbonyl (C=O) groups is 3. The minimum Gasteiger partial charge on any atom is -0.444 e. The Kier molecular flexibility index (Phi) is 10.6. The lowest BCUT2D eigenvalue weighted by Gasteiger charge is -2.37. The van der Waals surface area contributed by atoms with Gasteiger partial charge in [-0.25, -0.2) is 4.79 Å². The Morgan fingerprint density at radius 2 is 1.73 bits per heavy atom. The van der Waals surface area contributed by atoms with Crippen LogP contribution in [0.25, 0.3) is 0 Å². The fourth-order valence-electron chi connectivity index (χ4n) is 4.83. The van der Waals surface area contributed by atoms with E-state index in [4.69, 9.17) is 4.74 Å². The van der Waals surface area contributed by atoms with Gasteiger partial charge in [-0.1, -0.05) is 64.3 Å². The Bertz CT molecular complexity index is 955. The van der Waals surface area contributed by atoms with Crippen molar-refractivity contribution in [3.63, 3.8) is 0 Å². The van der Waals surface area contributed by atoms with Crippen LogP contribution in [0, 0.1) is 25.7 Å². The molecule has 208 valence electrons. The van der Waals surface area contributed by atoms with Crippen LogP contribution < -0.4 is 10.6 Å². The van der Waals surface area contributed by atoms with E-state index in [1.54, 1.807) is 25.7 Å². The van der Waals surface area contributed by atoms with Gasteiger partial charge in [0.15, 0.2) is 0 Å². The maximum absolute atomic E-state index is 14.4. The molecule has 1 aromatic rings. The highest BCUT2D eigenvalue weighted by atomic mass is 16.6. The van der Waals surface area contributed by atoms with Gasteiger partial charge in [-0.15, -0.1) is 0 Å². The van der Waals surface area contributed by atoms with Crippen LogP contribution >= 0.6 is 0 Å². The second-order valence-electron chi connectivity index (χ2n) is 12.0. The van der Waals surface area contributed by atoms with Crippen molar-refractivity contribution in [2.45, 2.75) is 125 Å². The van der Waals surface area contributed by atoms with Crippen molar-refractivity contribution in [1.82, 2.24) is 15.5 Å². The molecule has 0 spiro atoms. The highest BCUT2D eigenvalue weighted by molar-refractivity contribution is 5.93. The molecule has 2 N–H and O–H groups in total. The van der Waals surface area contributed by atoms with Crippen molar-refractivity contribution in [2.24, 2.45) is 11.8 Å². The van der Waals surface area contributed by atoms with Crippen molar-refractivity contribution < 1.29 is 19.1 Å². The Morgan fingerprint density at radius 1 is 1.11 bits per heavy atom. The molecule has 0 radical (unpaired) electrons. The third-order valence-corrected chi connectivity index (χ3v) is 7.19. The van der Waals surface area contributed by atoms with E-state index in [-0.39, 0.29) is 35.7 Å². The van der Waals surface area contributed by atoms with Crippen LogP contribution in [0.5, 0.6) is 0 Å². The summed E-state index contributed by atoms with van der Waals surface area (Å²) in [5, 5.41) is 6.01. The van der Waals surface area contributed by atoms with Crippen molar-refractivity contribution >= 4 is 17.9 Å². The second kappa shape index (κ2) is 12.8. The highest BCUT2D eigenvalue weighted by Crippen LogP contribution is 2.42. The van der Waals surface area contributed by atoms with E-state index in [9.17, 15) is 14.4 Å². The quantitative estimate of drug-likeness (QED) is 0.388. The molecule has 7 heteroatoms. The van der Waals surface area contributed by atoms with Crippen LogP contribution in [0.4, 0.5) is 4.79 Å². The average molecular weight is 516 g/mol. The van der Waals surface area contributed by atoms with E-state index in [1.807, 2.05) is 46.8 Å². The number of alkyl carbamates (subject to hydrolysis) is 1. The zero-order chi connectivity index (χ0) is 28.1. The Hall–Kier alpha value is -2.57. The molecule has 0 saturated heterocycles. The summed E-state index contributed by atoms with van der Waals surface area (Å²) < 4.78 is 5.49. The molecule has 0 aliphatic heterocycles. The minimum atomic E-state index is -0.804. The van der Waals surface area contributed by atoms with Gasteiger partial charge in [0.2, 0.25) is 11.8 Å². The van der Waals surface area contributed by atoms with Gasteiger partial charge in [-0.3, -0.25) is 9.59 Å². The number of hydrogen-bond acceptors (Lipinski definition) is 4. The van der Waals surface area contributed by atoms with Crippen molar-refractivity contribution in [3.8, 4) is 0 Å². The highest BCUT2D eigenvalue weighted by Gasteiger charge is 2.49. The molecular weight excluding hydrogens is 466 g/mol. The summed E-state index contributed by atoms with van der Waals surface area (Å²) in [4.78, 5) is 42.8. The number of aryl methyl sites for hydroxylation is 2. The molecule has 0 bridgehead atoms. The van der Waals surface area contributed by atoms with Crippen molar-refractivity contribution in [2.75, 3.05) is 0 Å². The van der Waals surface area contributed by atoms with Gasteiger partial charge in [0.1, 0.15) is 17.7 Å². The Balaban J connectivity index is 2.55. The summed E-state index contributed by atoms with van der Waals surface area (Å²) in [5.41, 5.74) is 2.20. The van der Waals surface area contributed by atoms with Gasteiger partial charge in [-0.2, -0.15) is 0 Å². The first kappa shape index (κ1) is 30.7. The number of benzene rings is 1. The van der Waals surface area contributed by atoms with Gasteiger partial charge in [0.25, 0.3) is 0 Å². The number of carbonyl (C=O) groups excluding carboxylic acids is 3. The molecule has 1 fully saturated rings. The number of nitrogens with zero attached hydrogens (tertiary/aromatic N) is 1. The van der Waals surface area contributed by atoms with Crippen LogP contribution in [0.15, 0.2) is 18.2 Å². The molecule has 3 amide bonds. The number of ether oxygens (including phenoxy) is 1. The van der Waals surface area contributed by atoms with Gasteiger partial charge < -0.3 is 20.3 Å². The number of rotatable bonds is 11. The minimum absolute atomic E-state index is 0.00964. The summed E-state index contributed by atoms with van der Waals surface area (Å²) in [6.45, 7) is 19.5. The van der Waals surface area contributed by atoms with E-state index < -0.39 is 23.8 Å². The van der Waals surface area contributed by atoms with E-state index in [1.165, 1.54) is 0 Å². The lowest BCUT2D eigenvalue weighted by molar-refractivity contribution is -0.144. The monoisotopic (exact) mass is 515 g/mol. The first-order valence-corrected chi connectivity index (χ1v) is 13.9. The fourth-order valence-corrected chi connectivity index (χ4v) is 4.83. The SMILES string of the molecule is CCCC(C)NC(=O)C(c1ccc(C)cc1C)N(C(=O)C(NC(=O)OC(C)(C)C)C(C)CC)C1CC1C. The molecule has 6 unspecified atom stereocenters. The van der Waals surface area contributed by atoms with Crippen molar-refractivity contribution in [1.29, 1.82) is 0 Å². The summed E-state index contributed by atoms with van der Waals surface area (Å²) >= 11 is 0. The summed E-state index contributed by atoms with van der Waals surface area (Å²) in [6.07, 6.45) is 2.70. The molecule has 0 aromatic heterocycles. The van der Waals surface area contributed by atoms with Gasteiger partial charge >= 0.3 is 6.09 Å². The van der Waals surface area contributed by atoms with E-state index in [0.717, 1.165) is 36.0 Å². The predicted octanol–water partition coefficient (Wildman–Crippen LogP) is 5.83. The third-order valence-electron chi connectivity index (χ3n) is 7.19. The maximum atomic E-state index is 14.4. The zero-order valence-electron chi connectivity index (χ0n) is 24.6. The zero-order valence-corrected chi connectivity index (χ0v) is 24.6. The number of hydrogen-bond donors (Lipinski definition) is 2. The molecule has 7 nitrogen and oxygen atoms in total. The van der Waals surface area contributed by atoms with Gasteiger partial charge in [0, 0.05) is 12.1 Å². The van der Waals surface area contributed by atoms with Gasteiger partial charge in [-0.05, 0) is 77.3 Å². The molecule has 1 aromatic carbocycles. The molecule has 2 rings (SSSR count). The van der Waals surface area contributed by atoms with Crippen LogP contribution in [0.3, 0.4) is 0 Å². The topological polar surface area (TPSA) is 87.7 Å². The molecule has 1 aliphatic rings. The molecule has 1 aliphatic carbocycles. The summed E-state index contributed by atoms with van der Waals surface area (Å²) in [7, 11) is 0. The van der Waals surface area contributed by atoms with E-state index >= 15 is 0 Å². The molecule has 6 atom stereocenters. The predicted molar refractivity (Wildman–Crippen MR) is 148 cm³/mol. The average Bonchev–Trinajstić information content (AvgIpc) is 3.50. The van der Waals surface area contributed by atoms with Crippen LogP contribution in [-0.4, -0.2) is 46.5 Å². The van der Waals surface area contributed by atoms with Gasteiger partial charge in [0.05, 0.1) is 0 Å². The number of nitrogens with one attached hydrogen (secondary N) is 2. The standard InChI is InChI=1S/C30H49N3O4/c1-11-13-22(7)31-27(34)26(23-15-14-18(3)16-20(23)5)33(24-17-21(24)6)28(35)25(19(4)12-2)32-29(36)37-30(8,9)10/h14-16,19,21-22,24-26H,11-13,17H2,1-10H3,(H,31,34)(H,32,36). The van der Waals surface area contributed by atoms with E-state index in [0.29, 0.717) is 6.42 Å². The maximum Gasteiger partial charge on any atom is 0.408 e. The largest absolute Gasteiger partial charge is 0.444 e. The normalized spacial score (nSPS) is 20.3. The lowest BCUT2D eigenvalue weighted by atomic mass is 9.93. The molecule has 37 heavy (non-hydrogen) atoms. The molecule has 1 saturated carbocycles. The summed E-state index contributed by atoms with van der Waals surface area (Å²) in [5.74, 6) is -0.283. The number of amides is 3. The molecular formula is C30H49N3O4. The Labute approximate surface area is 224 Å². The molecule has 0 heterocycles. The van der Waals surface area contributed by atoms with Crippen LogP contribution in [0.2, 0.25) is 0 Å².